The summed E-state index contributed by atoms with van der Waals surface area (Å²) in [5.41, 5.74) is 0.425. The van der Waals surface area contributed by atoms with Crippen molar-refractivity contribution >= 4 is 11.9 Å². The Morgan fingerprint density at radius 3 is 2.53 bits per heavy atom. The quantitative estimate of drug-likeness (QED) is 0.575. The van der Waals surface area contributed by atoms with Gasteiger partial charge in [0, 0.05) is 36.1 Å². The topological polar surface area (TPSA) is 114 Å². The van der Waals surface area contributed by atoms with E-state index >= 15 is 0 Å². The first kappa shape index (κ1) is 16.1. The fourth-order valence-corrected chi connectivity index (χ4v) is 2.85. The fraction of sp³-hybridized carbons (Fsp3) is 0.304. The van der Waals surface area contributed by atoms with Crippen molar-refractivity contribution in [3.8, 4) is 17.2 Å². The molecule has 0 bridgehead atoms. The molecule has 2 aromatic carbocycles. The number of aliphatic carboxylic acids is 2. The Balaban J connectivity index is 0.000000436. The van der Waals surface area contributed by atoms with E-state index < -0.39 is 49.1 Å². The van der Waals surface area contributed by atoms with Crippen LogP contribution in [-0.2, 0) is 9.59 Å². The summed E-state index contributed by atoms with van der Waals surface area (Å²) in [7, 11) is 0. The Morgan fingerprint density at radius 2 is 1.84 bits per heavy atom. The van der Waals surface area contributed by atoms with Crippen molar-refractivity contribution in [2.75, 3.05) is 26.3 Å². The molecule has 0 unspecified atom stereocenters. The van der Waals surface area contributed by atoms with Crippen molar-refractivity contribution in [3.05, 3.63) is 66.0 Å². The van der Waals surface area contributed by atoms with Crippen molar-refractivity contribution in [1.82, 2.24) is 5.32 Å². The summed E-state index contributed by atoms with van der Waals surface area (Å²) in [6, 6.07) is 9.73. The number of carboxylic acid groups (broad SMARTS) is 2. The van der Waals surface area contributed by atoms with E-state index in [2.05, 4.69) is 5.32 Å². The highest BCUT2D eigenvalue weighted by atomic mass is 19.1. The van der Waals surface area contributed by atoms with Gasteiger partial charge in [-0.2, -0.15) is 0 Å². The molecule has 4 rings (SSSR count). The van der Waals surface area contributed by atoms with E-state index in [0.717, 1.165) is 0 Å². The lowest BCUT2D eigenvalue weighted by Crippen LogP contribution is -2.38. The van der Waals surface area contributed by atoms with Crippen LogP contribution in [0, 0.1) is 11.7 Å². The van der Waals surface area contributed by atoms with Crippen LogP contribution in [0.3, 0.4) is 0 Å². The molecule has 9 heteroatoms. The predicted molar refractivity (Wildman–Crippen MR) is 113 cm³/mol. The highest BCUT2D eigenvalue weighted by Crippen LogP contribution is 2.36. The van der Waals surface area contributed by atoms with Crippen LogP contribution in [-0.4, -0.2) is 48.5 Å². The van der Waals surface area contributed by atoms with Gasteiger partial charge >= 0.3 is 11.9 Å². The van der Waals surface area contributed by atoms with Gasteiger partial charge in [-0.05, 0) is 48.7 Å². The maximum Gasteiger partial charge on any atom is 0.328 e. The van der Waals surface area contributed by atoms with Gasteiger partial charge in [0.2, 0.25) is 6.79 Å². The van der Waals surface area contributed by atoms with E-state index in [4.69, 9.17) is 32.6 Å². The summed E-state index contributed by atoms with van der Waals surface area (Å²) < 4.78 is 79.5. The van der Waals surface area contributed by atoms with Crippen LogP contribution in [0.5, 0.6) is 17.2 Å². The molecule has 2 aromatic rings. The van der Waals surface area contributed by atoms with Gasteiger partial charge in [-0.25, -0.2) is 14.0 Å². The van der Waals surface area contributed by atoms with E-state index in [1.807, 2.05) is 0 Å². The predicted octanol–water partition coefficient (Wildman–Crippen LogP) is 3.04. The second-order valence-electron chi connectivity index (χ2n) is 6.53. The van der Waals surface area contributed by atoms with Gasteiger partial charge in [0.05, 0.1) is 9.30 Å². The zero-order valence-electron chi connectivity index (χ0n) is 22.6. The maximum atomic E-state index is 13.4. The first-order chi connectivity index (χ1) is 17.6. The van der Waals surface area contributed by atoms with Crippen molar-refractivity contribution in [2.45, 2.75) is 12.3 Å². The van der Waals surface area contributed by atoms with Crippen LogP contribution in [0.2, 0.25) is 0 Å². The first-order valence-corrected chi connectivity index (χ1v) is 9.37. The van der Waals surface area contributed by atoms with Gasteiger partial charge in [-0.1, -0.05) is 12.1 Å². The monoisotopic (exact) mass is 451 g/mol. The molecule has 1 fully saturated rings. The number of benzene rings is 2. The van der Waals surface area contributed by atoms with Gasteiger partial charge in [0.1, 0.15) is 11.6 Å². The normalized spacial score (nSPS) is 25.5. The second kappa shape index (κ2) is 11.1. The van der Waals surface area contributed by atoms with E-state index in [0.29, 0.717) is 29.2 Å². The van der Waals surface area contributed by atoms with E-state index in [-0.39, 0.29) is 19.0 Å². The molecule has 1 saturated heterocycles. The molecular formula is C23H24FNO7. The van der Waals surface area contributed by atoms with Crippen LogP contribution in [0.1, 0.15) is 26.1 Å². The number of carbonyl (C=O) groups is 2. The molecule has 2 atom stereocenters. The zero-order chi connectivity index (χ0) is 28.3. The Hall–Kier alpha value is -3.59. The average molecular weight is 451 g/mol. The van der Waals surface area contributed by atoms with E-state index in [1.54, 1.807) is 6.07 Å². The van der Waals surface area contributed by atoms with Crippen molar-refractivity contribution in [2.24, 2.45) is 5.92 Å². The van der Waals surface area contributed by atoms with E-state index in [9.17, 15) is 14.0 Å². The fourth-order valence-electron chi connectivity index (χ4n) is 2.85. The lowest BCUT2D eigenvalue weighted by atomic mass is 9.81. The highest BCUT2D eigenvalue weighted by molar-refractivity contribution is 5.89. The SMILES string of the molecule is O=C(O)/C=C\C(=O)O.[2H]C1([2H])C[C@@H](c2ccc(F)cc2)[C@H](C([2H])([2H])Oc2ccc3c(c2)OCO3)C([2H])([2H])N1. The highest BCUT2D eigenvalue weighted by Gasteiger charge is 2.27. The van der Waals surface area contributed by atoms with Gasteiger partial charge in [-0.3, -0.25) is 0 Å². The van der Waals surface area contributed by atoms with Crippen LogP contribution in [0.4, 0.5) is 4.39 Å². The number of rotatable bonds is 6. The molecule has 8 nitrogen and oxygen atoms in total. The number of fused-ring (bicyclic) bond motifs is 1. The van der Waals surface area contributed by atoms with Crippen molar-refractivity contribution in [3.63, 3.8) is 0 Å². The molecule has 2 aliphatic rings. The van der Waals surface area contributed by atoms with Crippen LogP contribution in [0.15, 0.2) is 54.6 Å². The molecule has 0 radical (unpaired) electrons. The summed E-state index contributed by atoms with van der Waals surface area (Å²) in [6.07, 6.45) is 0.900. The summed E-state index contributed by atoms with van der Waals surface area (Å²) in [4.78, 5) is 19.1. The molecule has 2 aliphatic heterocycles. The number of carboxylic acids is 2. The van der Waals surface area contributed by atoms with Gasteiger partial charge in [0.25, 0.3) is 0 Å². The molecule has 2 heterocycles. The number of hydrogen-bond donors (Lipinski definition) is 3. The Labute approximate surface area is 192 Å². The second-order valence-corrected chi connectivity index (χ2v) is 6.53. The number of halogens is 1. The average Bonchev–Trinajstić information content (AvgIpc) is 3.24. The first-order valence-electron chi connectivity index (χ1n) is 12.4. The molecular weight excluding hydrogens is 421 g/mol. The van der Waals surface area contributed by atoms with Gasteiger partial charge < -0.3 is 29.7 Å². The van der Waals surface area contributed by atoms with Crippen molar-refractivity contribution < 1.29 is 46.6 Å². The van der Waals surface area contributed by atoms with Crippen LogP contribution >= 0.6 is 0 Å². The molecule has 0 aromatic heterocycles. The lowest BCUT2D eigenvalue weighted by Gasteiger charge is -2.32. The third-order valence-electron chi connectivity index (χ3n) is 4.35. The van der Waals surface area contributed by atoms with Gasteiger partial charge in [0.15, 0.2) is 11.5 Å². The smallest absolute Gasteiger partial charge is 0.328 e. The molecule has 170 valence electrons. The third kappa shape index (κ3) is 6.71. The standard InChI is InChI=1S/C19H20FNO3.C4H4O4/c20-15-3-1-13(2-4-15)17-7-8-21-10-14(17)11-22-16-5-6-18-19(9-16)24-12-23-18;5-3(6)1-2-4(7)8/h1-6,9,14,17,21H,7-8,10-12H2;1-2H,(H,5,6)(H,7,8)/b;2-1-/t14-,17-;/m0./s1/i8D2,10D2,11D2;. The lowest BCUT2D eigenvalue weighted by molar-refractivity contribution is -0.134. The molecule has 3 N–H and O–H groups in total. The Kier molecular flexibility index (Phi) is 5.61. The summed E-state index contributed by atoms with van der Waals surface area (Å²) >= 11 is 0. The van der Waals surface area contributed by atoms with Crippen LogP contribution < -0.4 is 19.5 Å². The largest absolute Gasteiger partial charge is 0.493 e. The molecule has 0 saturated carbocycles. The summed E-state index contributed by atoms with van der Waals surface area (Å²) in [5.74, 6) is -4.36. The number of hydrogen-bond acceptors (Lipinski definition) is 6. The molecule has 0 amide bonds. The maximum absolute atomic E-state index is 13.4. The van der Waals surface area contributed by atoms with Crippen LogP contribution in [0.25, 0.3) is 0 Å². The summed E-state index contributed by atoms with van der Waals surface area (Å²) in [6.45, 7) is -7.04. The van der Waals surface area contributed by atoms with Crippen molar-refractivity contribution in [1.29, 1.82) is 0 Å². The van der Waals surface area contributed by atoms with E-state index in [1.165, 1.54) is 36.4 Å². The Bertz CT molecular complexity index is 1190. The minimum Gasteiger partial charge on any atom is -0.493 e. The summed E-state index contributed by atoms with van der Waals surface area (Å²) in [5, 5.41) is 17.9. The number of piperidine rings is 1. The molecule has 0 spiro atoms. The minimum absolute atomic E-state index is 0.0441. The zero-order valence-corrected chi connectivity index (χ0v) is 16.6. The number of ether oxygens (including phenoxy) is 3. The molecule has 32 heavy (non-hydrogen) atoms. The number of nitrogens with one attached hydrogen (secondary N) is 1. The molecule has 0 aliphatic carbocycles. The Morgan fingerprint density at radius 1 is 1.16 bits per heavy atom. The van der Waals surface area contributed by atoms with Gasteiger partial charge in [-0.15, -0.1) is 0 Å². The third-order valence-corrected chi connectivity index (χ3v) is 4.35. The minimum atomic E-state index is -2.54.